The first-order valence-electron chi connectivity index (χ1n) is 9.54. The van der Waals surface area contributed by atoms with E-state index >= 15 is 0 Å². The molecule has 3 amide bonds. The number of hydrogen-bond acceptors (Lipinski definition) is 6. The van der Waals surface area contributed by atoms with Gasteiger partial charge in [0.1, 0.15) is 11.8 Å². The minimum Gasteiger partial charge on any atom is -0.463 e. The molecule has 5 rings (SSSR count). The van der Waals surface area contributed by atoms with Crippen LogP contribution in [0.15, 0.2) is 30.3 Å². The number of carbonyl (C=O) groups is 4. The van der Waals surface area contributed by atoms with Crippen molar-refractivity contribution < 1.29 is 28.7 Å². The first kappa shape index (κ1) is 17.4. The first-order chi connectivity index (χ1) is 13.4. The predicted octanol–water partition coefficient (Wildman–Crippen LogP) is 0.845. The summed E-state index contributed by atoms with van der Waals surface area (Å²) in [6.07, 6.45) is 1.05. The SMILES string of the molecule is CCOC(=O)[C@@]12O[C@]3(CC[C@@H](C)N3C1=O)[C@@H]1C(=O)N(c3ccccc3)C(=O)[C@@H]12. The Morgan fingerprint density at radius 3 is 2.54 bits per heavy atom. The summed E-state index contributed by atoms with van der Waals surface area (Å²) in [6.45, 7) is 3.53. The molecule has 5 atom stereocenters. The van der Waals surface area contributed by atoms with Gasteiger partial charge in [-0.05, 0) is 38.8 Å². The number of nitrogens with zero attached hydrogens (tertiary/aromatic N) is 2. The largest absolute Gasteiger partial charge is 0.463 e. The maximum Gasteiger partial charge on any atom is 0.349 e. The second kappa shape index (κ2) is 5.41. The monoisotopic (exact) mass is 384 g/mol. The molecule has 4 aliphatic heterocycles. The van der Waals surface area contributed by atoms with Gasteiger partial charge in [0.2, 0.25) is 11.8 Å². The van der Waals surface area contributed by atoms with Gasteiger partial charge in [-0.25, -0.2) is 9.69 Å². The summed E-state index contributed by atoms with van der Waals surface area (Å²) in [5.74, 6) is -4.57. The molecule has 146 valence electrons. The van der Waals surface area contributed by atoms with Crippen LogP contribution in [0.5, 0.6) is 0 Å². The second-order valence-corrected chi connectivity index (χ2v) is 7.77. The van der Waals surface area contributed by atoms with E-state index in [1.165, 1.54) is 4.90 Å². The van der Waals surface area contributed by atoms with Gasteiger partial charge in [-0.3, -0.25) is 14.4 Å². The Bertz CT molecular complexity index is 917. The number of fused-ring (bicyclic) bond motifs is 3. The highest BCUT2D eigenvalue weighted by Gasteiger charge is 2.86. The summed E-state index contributed by atoms with van der Waals surface area (Å²) in [7, 11) is 0. The quantitative estimate of drug-likeness (QED) is 0.436. The molecule has 28 heavy (non-hydrogen) atoms. The molecule has 4 saturated heterocycles. The number of benzene rings is 1. The van der Waals surface area contributed by atoms with Crippen molar-refractivity contribution in [1.29, 1.82) is 0 Å². The van der Waals surface area contributed by atoms with E-state index in [1.54, 1.807) is 37.3 Å². The minimum absolute atomic E-state index is 0.0434. The lowest BCUT2D eigenvalue weighted by atomic mass is 9.74. The number of carbonyl (C=O) groups excluding carboxylic acids is 4. The van der Waals surface area contributed by atoms with Gasteiger partial charge in [0.15, 0.2) is 5.72 Å². The van der Waals surface area contributed by atoms with Gasteiger partial charge in [-0.2, -0.15) is 0 Å². The smallest absolute Gasteiger partial charge is 0.349 e. The highest BCUT2D eigenvalue weighted by molar-refractivity contribution is 6.28. The zero-order chi connectivity index (χ0) is 19.8. The number of hydrogen-bond donors (Lipinski definition) is 0. The molecule has 0 aliphatic carbocycles. The van der Waals surface area contributed by atoms with E-state index in [0.29, 0.717) is 18.5 Å². The van der Waals surface area contributed by atoms with E-state index in [1.807, 2.05) is 6.92 Å². The molecule has 4 aliphatic rings. The van der Waals surface area contributed by atoms with Gasteiger partial charge in [0, 0.05) is 6.04 Å². The van der Waals surface area contributed by atoms with Crippen LogP contribution in [0.3, 0.4) is 0 Å². The number of anilines is 1. The lowest BCUT2D eigenvalue weighted by molar-refractivity contribution is -0.176. The van der Waals surface area contributed by atoms with Crippen LogP contribution in [0.1, 0.15) is 26.7 Å². The Balaban J connectivity index is 1.69. The van der Waals surface area contributed by atoms with Crippen molar-refractivity contribution in [3.8, 4) is 0 Å². The van der Waals surface area contributed by atoms with Crippen molar-refractivity contribution in [3.05, 3.63) is 30.3 Å². The number of esters is 1. The zero-order valence-electron chi connectivity index (χ0n) is 15.6. The molecule has 8 nitrogen and oxygen atoms in total. The summed E-state index contributed by atoms with van der Waals surface area (Å²) in [4.78, 5) is 55.6. The van der Waals surface area contributed by atoms with Gasteiger partial charge in [0.05, 0.1) is 12.3 Å². The molecule has 4 heterocycles. The van der Waals surface area contributed by atoms with Crippen LogP contribution in [-0.2, 0) is 28.7 Å². The van der Waals surface area contributed by atoms with E-state index in [4.69, 9.17) is 9.47 Å². The van der Waals surface area contributed by atoms with Gasteiger partial charge in [0.25, 0.3) is 11.5 Å². The fourth-order valence-electron chi connectivity index (χ4n) is 5.44. The summed E-state index contributed by atoms with van der Waals surface area (Å²) < 4.78 is 11.2. The van der Waals surface area contributed by atoms with Crippen LogP contribution in [0, 0.1) is 11.8 Å². The molecular formula is C20H20N2O6. The van der Waals surface area contributed by atoms with Crippen molar-refractivity contribution in [3.63, 3.8) is 0 Å². The van der Waals surface area contributed by atoms with Crippen LogP contribution < -0.4 is 4.90 Å². The average Bonchev–Trinajstić information content (AvgIpc) is 3.34. The van der Waals surface area contributed by atoms with Crippen molar-refractivity contribution >= 4 is 29.4 Å². The molecule has 0 aromatic heterocycles. The summed E-state index contributed by atoms with van der Waals surface area (Å²) >= 11 is 0. The predicted molar refractivity (Wildman–Crippen MR) is 94.6 cm³/mol. The molecule has 4 fully saturated rings. The number of para-hydroxylation sites is 1. The maximum absolute atomic E-state index is 13.4. The molecule has 1 spiro atoms. The first-order valence-corrected chi connectivity index (χ1v) is 9.54. The molecular weight excluding hydrogens is 364 g/mol. The molecule has 2 bridgehead atoms. The van der Waals surface area contributed by atoms with Gasteiger partial charge in [-0.1, -0.05) is 18.2 Å². The van der Waals surface area contributed by atoms with Crippen LogP contribution in [0.25, 0.3) is 0 Å². The minimum atomic E-state index is -2.08. The molecule has 0 radical (unpaired) electrons. The third-order valence-corrected chi connectivity index (χ3v) is 6.47. The van der Waals surface area contributed by atoms with Crippen LogP contribution in [0.4, 0.5) is 5.69 Å². The van der Waals surface area contributed by atoms with Gasteiger partial charge >= 0.3 is 5.97 Å². The van der Waals surface area contributed by atoms with Crippen LogP contribution >= 0.6 is 0 Å². The Morgan fingerprint density at radius 2 is 1.86 bits per heavy atom. The molecule has 1 aromatic rings. The Kier molecular flexibility index (Phi) is 3.35. The molecule has 0 unspecified atom stereocenters. The standard InChI is InChI=1S/C20H20N2O6/c1-3-27-18(26)20-14-13(19(28-20)10-9-11(2)22(19)17(20)25)15(23)21(16(14)24)12-7-5-4-6-8-12/h4-8,11,13-14H,3,9-10H2,1-2H3/t11-,13+,14-,19-,20+/m1/s1. The highest BCUT2D eigenvalue weighted by Crippen LogP contribution is 2.64. The number of amides is 3. The summed E-state index contributed by atoms with van der Waals surface area (Å²) in [5, 5.41) is 0. The Labute approximate surface area is 161 Å². The Hall–Kier alpha value is -2.74. The fourth-order valence-corrected chi connectivity index (χ4v) is 5.44. The second-order valence-electron chi connectivity index (χ2n) is 7.77. The Morgan fingerprint density at radius 1 is 1.18 bits per heavy atom. The summed E-state index contributed by atoms with van der Waals surface area (Å²) in [5.41, 5.74) is -2.91. The van der Waals surface area contributed by atoms with Crippen molar-refractivity contribution in [2.24, 2.45) is 11.8 Å². The van der Waals surface area contributed by atoms with Crippen molar-refractivity contribution in [2.75, 3.05) is 11.5 Å². The number of rotatable bonds is 3. The third-order valence-electron chi connectivity index (χ3n) is 6.47. The third kappa shape index (κ3) is 1.70. The van der Waals surface area contributed by atoms with E-state index in [9.17, 15) is 19.2 Å². The zero-order valence-corrected chi connectivity index (χ0v) is 15.6. The lowest BCUT2D eigenvalue weighted by Crippen LogP contribution is -2.62. The number of imide groups is 1. The maximum atomic E-state index is 13.4. The van der Waals surface area contributed by atoms with Crippen molar-refractivity contribution in [1.82, 2.24) is 4.90 Å². The van der Waals surface area contributed by atoms with E-state index < -0.39 is 46.9 Å². The lowest BCUT2D eigenvalue weighted by Gasteiger charge is -2.37. The van der Waals surface area contributed by atoms with Crippen molar-refractivity contribution in [2.45, 2.75) is 44.1 Å². The summed E-state index contributed by atoms with van der Waals surface area (Å²) in [6, 6.07) is 8.37. The normalized spacial score (nSPS) is 38.2. The van der Waals surface area contributed by atoms with E-state index in [2.05, 4.69) is 0 Å². The molecule has 1 aromatic carbocycles. The highest BCUT2D eigenvalue weighted by atomic mass is 16.6. The average molecular weight is 384 g/mol. The molecule has 0 N–H and O–H groups in total. The van der Waals surface area contributed by atoms with Crippen LogP contribution in [-0.4, -0.2) is 52.6 Å². The topological polar surface area (TPSA) is 93.2 Å². The molecule has 8 heteroatoms. The van der Waals surface area contributed by atoms with E-state index in [-0.39, 0.29) is 12.6 Å². The van der Waals surface area contributed by atoms with E-state index in [0.717, 1.165) is 4.90 Å². The fraction of sp³-hybridized carbons (Fsp3) is 0.500. The van der Waals surface area contributed by atoms with Gasteiger partial charge < -0.3 is 14.4 Å². The van der Waals surface area contributed by atoms with Gasteiger partial charge in [-0.15, -0.1) is 0 Å². The molecule has 0 saturated carbocycles. The number of ether oxygens (including phenoxy) is 2. The number of piperidine rings is 1. The van der Waals surface area contributed by atoms with Crippen LogP contribution in [0.2, 0.25) is 0 Å².